The number of nitriles is 1. The van der Waals surface area contributed by atoms with Crippen LogP contribution in [0.2, 0.25) is 0 Å². The van der Waals surface area contributed by atoms with Crippen molar-refractivity contribution >= 4 is 17.3 Å². The Hall–Kier alpha value is -2.69. The van der Waals surface area contributed by atoms with Gasteiger partial charge in [0.05, 0.1) is 6.20 Å². The first-order valence-electron chi connectivity index (χ1n) is 6.32. The Bertz CT molecular complexity index is 658. The molecular weight excluding hydrogens is 256 g/mol. The number of aromatic nitrogens is 4. The number of anilines is 1. The minimum atomic E-state index is 0.298. The number of nitrogens with zero attached hydrogens (tertiary/aromatic N) is 7. The van der Waals surface area contributed by atoms with Gasteiger partial charge in [0.25, 0.3) is 0 Å². The molecule has 0 bridgehead atoms. The highest BCUT2D eigenvalue weighted by Crippen LogP contribution is 2.24. The van der Waals surface area contributed by atoms with Gasteiger partial charge in [0.2, 0.25) is 5.82 Å². The van der Waals surface area contributed by atoms with Gasteiger partial charge in [-0.3, -0.25) is 9.36 Å². The third-order valence-electron chi connectivity index (χ3n) is 2.82. The van der Waals surface area contributed by atoms with Crippen LogP contribution in [0.15, 0.2) is 22.6 Å². The highest BCUT2D eigenvalue weighted by atomic mass is 15.3. The number of hydrogen-bond donors (Lipinski definition) is 1. The minimum absolute atomic E-state index is 0.298. The zero-order valence-electron chi connectivity index (χ0n) is 11.5. The molecular formula is C12H16N8. The maximum Gasteiger partial charge on any atom is 0.213 e. The van der Waals surface area contributed by atoms with Gasteiger partial charge in [0, 0.05) is 19.8 Å². The van der Waals surface area contributed by atoms with Gasteiger partial charge < -0.3 is 5.73 Å². The predicted molar refractivity (Wildman–Crippen MR) is 73.6 cm³/mol. The maximum absolute atomic E-state index is 9.07. The average molecular weight is 272 g/mol. The van der Waals surface area contributed by atoms with E-state index in [9.17, 15) is 0 Å². The Kier molecular flexibility index (Phi) is 4.10. The largest absolute Gasteiger partial charge is 0.382 e. The molecule has 0 aliphatic heterocycles. The van der Waals surface area contributed by atoms with Gasteiger partial charge >= 0.3 is 0 Å². The maximum atomic E-state index is 9.07. The lowest BCUT2D eigenvalue weighted by Gasteiger charge is -1.96. The van der Waals surface area contributed by atoms with Gasteiger partial charge in [-0.15, -0.1) is 15.3 Å². The lowest BCUT2D eigenvalue weighted by molar-refractivity contribution is 0.572. The summed E-state index contributed by atoms with van der Waals surface area (Å²) in [7, 11) is 1.72. The van der Waals surface area contributed by atoms with Gasteiger partial charge in [-0.2, -0.15) is 10.4 Å². The molecule has 2 N–H and O–H groups in total. The first-order chi connectivity index (χ1) is 9.65. The van der Waals surface area contributed by atoms with Crippen molar-refractivity contribution in [2.24, 2.45) is 17.3 Å². The van der Waals surface area contributed by atoms with Crippen molar-refractivity contribution in [2.45, 2.75) is 26.3 Å². The Morgan fingerprint density at radius 1 is 1.45 bits per heavy atom. The molecule has 0 radical (unpaired) electrons. The Labute approximate surface area is 116 Å². The molecule has 2 aromatic heterocycles. The van der Waals surface area contributed by atoms with E-state index in [1.807, 2.05) is 0 Å². The van der Waals surface area contributed by atoms with Crippen molar-refractivity contribution < 1.29 is 0 Å². The van der Waals surface area contributed by atoms with E-state index in [1.165, 1.54) is 10.9 Å². The molecule has 0 aromatic carbocycles. The van der Waals surface area contributed by atoms with E-state index < -0.39 is 0 Å². The fourth-order valence-corrected chi connectivity index (χ4v) is 1.61. The van der Waals surface area contributed by atoms with Crippen LogP contribution in [0.25, 0.3) is 0 Å². The second-order valence-corrected chi connectivity index (χ2v) is 4.33. The molecule has 0 atom stereocenters. The first kappa shape index (κ1) is 13.7. The van der Waals surface area contributed by atoms with E-state index in [0.29, 0.717) is 22.9 Å². The summed E-state index contributed by atoms with van der Waals surface area (Å²) in [5.41, 5.74) is 6.62. The molecule has 0 unspecified atom stereocenters. The predicted octanol–water partition coefficient (Wildman–Crippen LogP) is 2.29. The molecule has 20 heavy (non-hydrogen) atoms. The molecule has 0 spiro atoms. The first-order valence-corrected chi connectivity index (χ1v) is 6.32. The third kappa shape index (κ3) is 2.83. The summed E-state index contributed by atoms with van der Waals surface area (Å²) >= 11 is 0. The fourth-order valence-electron chi connectivity index (χ4n) is 1.61. The quantitative estimate of drug-likeness (QED) is 0.841. The summed E-state index contributed by atoms with van der Waals surface area (Å²) in [5.74, 6) is 0.713. The molecule has 0 saturated carbocycles. The molecule has 0 aliphatic rings. The molecule has 0 aliphatic carbocycles. The Balaban J connectivity index is 2.22. The number of nitrogens with two attached hydrogens (primary N) is 1. The molecule has 104 valence electrons. The Morgan fingerprint density at radius 2 is 2.25 bits per heavy atom. The molecule has 2 aromatic rings. The molecule has 2 rings (SSSR count). The third-order valence-corrected chi connectivity index (χ3v) is 2.82. The number of hydrogen-bond acceptors (Lipinski definition) is 6. The van der Waals surface area contributed by atoms with Crippen molar-refractivity contribution in [3.63, 3.8) is 0 Å². The number of aryl methyl sites for hydroxylation is 2. The SMILES string of the molecule is CCCCn1cc(C#N)c(N=Nc2cnn(C)c2N)n1. The number of rotatable bonds is 5. The molecule has 0 fully saturated rings. The summed E-state index contributed by atoms with van der Waals surface area (Å²) in [4.78, 5) is 0. The molecule has 8 nitrogen and oxygen atoms in total. The van der Waals surface area contributed by atoms with E-state index in [4.69, 9.17) is 11.0 Å². The highest BCUT2D eigenvalue weighted by molar-refractivity contribution is 5.56. The highest BCUT2D eigenvalue weighted by Gasteiger charge is 2.09. The van der Waals surface area contributed by atoms with E-state index in [2.05, 4.69) is 33.4 Å². The summed E-state index contributed by atoms with van der Waals surface area (Å²) in [6, 6.07) is 2.06. The van der Waals surface area contributed by atoms with Crippen molar-refractivity contribution in [3.05, 3.63) is 18.0 Å². The lowest BCUT2D eigenvalue weighted by Crippen LogP contribution is -1.97. The number of unbranched alkanes of at least 4 members (excludes halogenated alkanes) is 1. The zero-order chi connectivity index (χ0) is 14.5. The molecule has 0 amide bonds. The second-order valence-electron chi connectivity index (χ2n) is 4.33. The van der Waals surface area contributed by atoms with Crippen molar-refractivity contribution in [1.82, 2.24) is 19.6 Å². The van der Waals surface area contributed by atoms with Crippen LogP contribution in [0.3, 0.4) is 0 Å². The standard InChI is InChI=1S/C12H16N8/c1-3-4-5-20-8-9(6-13)12(18-20)17-16-10-7-15-19(2)11(10)14/h7-8H,3-5,14H2,1-2H3. The van der Waals surface area contributed by atoms with Crippen LogP contribution in [0, 0.1) is 11.3 Å². The summed E-state index contributed by atoms with van der Waals surface area (Å²) in [6.07, 6.45) is 5.25. The zero-order valence-corrected chi connectivity index (χ0v) is 11.5. The lowest BCUT2D eigenvalue weighted by atomic mass is 10.3. The number of azo groups is 1. The topological polar surface area (TPSA) is 110 Å². The molecule has 0 saturated heterocycles. The average Bonchev–Trinajstić information content (AvgIpc) is 2.99. The van der Waals surface area contributed by atoms with Crippen molar-refractivity contribution in [1.29, 1.82) is 5.26 Å². The van der Waals surface area contributed by atoms with E-state index in [-0.39, 0.29) is 0 Å². The monoisotopic (exact) mass is 272 g/mol. The van der Waals surface area contributed by atoms with Crippen LogP contribution in [0.4, 0.5) is 17.3 Å². The van der Waals surface area contributed by atoms with Gasteiger partial charge in [-0.1, -0.05) is 13.3 Å². The number of nitrogen functional groups attached to an aromatic ring is 1. The molecule has 8 heteroatoms. The van der Waals surface area contributed by atoms with Crippen LogP contribution in [0.5, 0.6) is 0 Å². The molecule has 2 heterocycles. The second kappa shape index (κ2) is 5.97. The smallest absolute Gasteiger partial charge is 0.213 e. The van der Waals surface area contributed by atoms with Crippen LogP contribution < -0.4 is 5.73 Å². The van der Waals surface area contributed by atoms with E-state index in [0.717, 1.165) is 19.4 Å². The summed E-state index contributed by atoms with van der Waals surface area (Å²) in [6.45, 7) is 2.86. The van der Waals surface area contributed by atoms with Gasteiger partial charge in [-0.05, 0) is 6.42 Å². The van der Waals surface area contributed by atoms with E-state index in [1.54, 1.807) is 17.9 Å². The summed E-state index contributed by atoms with van der Waals surface area (Å²) in [5, 5.41) is 25.2. The minimum Gasteiger partial charge on any atom is -0.382 e. The van der Waals surface area contributed by atoms with Gasteiger partial charge in [0.1, 0.15) is 23.1 Å². The van der Waals surface area contributed by atoms with Gasteiger partial charge in [-0.25, -0.2) is 0 Å². The van der Waals surface area contributed by atoms with Crippen LogP contribution in [0.1, 0.15) is 25.3 Å². The summed E-state index contributed by atoms with van der Waals surface area (Å²) < 4.78 is 3.21. The van der Waals surface area contributed by atoms with E-state index >= 15 is 0 Å². The van der Waals surface area contributed by atoms with Gasteiger partial charge in [0.15, 0.2) is 0 Å². The van der Waals surface area contributed by atoms with Crippen molar-refractivity contribution in [2.75, 3.05) is 5.73 Å². The Morgan fingerprint density at radius 3 is 2.85 bits per heavy atom. The van der Waals surface area contributed by atoms with Crippen molar-refractivity contribution in [3.8, 4) is 6.07 Å². The van der Waals surface area contributed by atoms with Crippen LogP contribution in [-0.2, 0) is 13.6 Å². The normalized spacial score (nSPS) is 11.1. The fraction of sp³-hybridized carbons (Fsp3) is 0.417. The van der Waals surface area contributed by atoms with Crippen LogP contribution >= 0.6 is 0 Å². The van der Waals surface area contributed by atoms with Crippen LogP contribution in [-0.4, -0.2) is 19.6 Å².